The number of carbonyl (C=O) groups excluding carboxylic acids is 1. The van der Waals surface area contributed by atoms with E-state index in [4.69, 9.17) is 9.47 Å². The van der Waals surface area contributed by atoms with Crippen LogP contribution in [0.4, 0.5) is 10.1 Å². The zero-order valence-electron chi connectivity index (χ0n) is 17.3. The molecule has 1 amide bonds. The van der Waals surface area contributed by atoms with E-state index in [1.807, 2.05) is 0 Å². The number of halogens is 1. The van der Waals surface area contributed by atoms with Gasteiger partial charge in [-0.1, -0.05) is 0 Å². The third kappa shape index (κ3) is 4.91. The predicted molar refractivity (Wildman–Crippen MR) is 113 cm³/mol. The number of methoxy groups -OCH3 is 1. The topological polar surface area (TPSA) is 131 Å². The Hall–Kier alpha value is -2.58. The molecule has 0 saturated carbocycles. The Bertz CT molecular complexity index is 1230. The fourth-order valence-corrected chi connectivity index (χ4v) is 5.39. The van der Waals surface area contributed by atoms with Crippen LogP contribution >= 0.6 is 0 Å². The summed E-state index contributed by atoms with van der Waals surface area (Å²) in [5.74, 6) is -1.81. The van der Waals surface area contributed by atoms with Crippen molar-refractivity contribution < 1.29 is 35.5 Å². The molecule has 0 unspecified atom stereocenters. The number of nitrogens with one attached hydrogen (secondary N) is 2. The van der Waals surface area contributed by atoms with Crippen LogP contribution in [-0.2, 0) is 24.8 Å². The molecule has 2 N–H and O–H groups in total. The fraction of sp³-hybridized carbons (Fsp3) is 0.316. The minimum absolute atomic E-state index is 0.0592. The normalized spacial score (nSPS) is 15.3. The number of carbonyl (C=O) groups is 1. The van der Waals surface area contributed by atoms with Gasteiger partial charge in [0.1, 0.15) is 16.5 Å². The van der Waals surface area contributed by atoms with Gasteiger partial charge < -0.3 is 14.8 Å². The number of amides is 1. The summed E-state index contributed by atoms with van der Waals surface area (Å²) in [5, 5.41) is 2.41. The highest BCUT2D eigenvalue weighted by atomic mass is 32.2. The molecular formula is C19H22FN3O7S2. The van der Waals surface area contributed by atoms with Gasteiger partial charge in [-0.05, 0) is 43.4 Å². The van der Waals surface area contributed by atoms with E-state index in [1.54, 1.807) is 0 Å². The Morgan fingerprint density at radius 3 is 2.41 bits per heavy atom. The van der Waals surface area contributed by atoms with Crippen LogP contribution in [0.5, 0.6) is 5.75 Å². The molecule has 3 rings (SSSR count). The van der Waals surface area contributed by atoms with Gasteiger partial charge in [0.25, 0.3) is 5.91 Å². The van der Waals surface area contributed by atoms with E-state index in [-0.39, 0.29) is 47.5 Å². The lowest BCUT2D eigenvalue weighted by Gasteiger charge is -2.26. The fourth-order valence-electron chi connectivity index (χ4n) is 3.04. The number of hydrogen-bond donors (Lipinski definition) is 2. The molecule has 0 radical (unpaired) electrons. The Labute approximate surface area is 185 Å². The molecule has 1 saturated heterocycles. The van der Waals surface area contributed by atoms with Gasteiger partial charge in [-0.15, -0.1) is 0 Å². The summed E-state index contributed by atoms with van der Waals surface area (Å²) < 4.78 is 78.0. The van der Waals surface area contributed by atoms with Crippen molar-refractivity contribution in [2.45, 2.75) is 9.79 Å². The number of sulfonamides is 2. The van der Waals surface area contributed by atoms with E-state index in [2.05, 4.69) is 10.0 Å². The number of nitrogens with zero attached hydrogens (tertiary/aromatic N) is 1. The third-order valence-electron chi connectivity index (χ3n) is 4.77. The van der Waals surface area contributed by atoms with E-state index in [1.165, 1.54) is 36.7 Å². The molecular weight excluding hydrogens is 465 g/mol. The van der Waals surface area contributed by atoms with Gasteiger partial charge in [-0.2, -0.15) is 4.31 Å². The van der Waals surface area contributed by atoms with E-state index in [0.717, 1.165) is 18.2 Å². The van der Waals surface area contributed by atoms with Crippen molar-refractivity contribution in [3.8, 4) is 5.75 Å². The van der Waals surface area contributed by atoms with Crippen LogP contribution in [0.25, 0.3) is 0 Å². The Morgan fingerprint density at radius 2 is 1.78 bits per heavy atom. The van der Waals surface area contributed by atoms with Crippen LogP contribution in [0.2, 0.25) is 0 Å². The highest BCUT2D eigenvalue weighted by Crippen LogP contribution is 2.30. The molecule has 32 heavy (non-hydrogen) atoms. The molecule has 0 atom stereocenters. The maximum Gasteiger partial charge on any atom is 0.258 e. The lowest BCUT2D eigenvalue weighted by molar-refractivity contribution is 0.0729. The largest absolute Gasteiger partial charge is 0.495 e. The van der Waals surface area contributed by atoms with Gasteiger partial charge in [0, 0.05) is 18.8 Å². The summed E-state index contributed by atoms with van der Waals surface area (Å²) >= 11 is 0. The highest BCUT2D eigenvalue weighted by Gasteiger charge is 2.30. The predicted octanol–water partition coefficient (Wildman–Crippen LogP) is 1.02. The second kappa shape index (κ2) is 9.50. The molecule has 0 aromatic heterocycles. The van der Waals surface area contributed by atoms with Crippen LogP contribution in [0.15, 0.2) is 46.2 Å². The van der Waals surface area contributed by atoms with Gasteiger partial charge in [0.15, 0.2) is 0 Å². The van der Waals surface area contributed by atoms with E-state index in [9.17, 15) is 26.0 Å². The summed E-state index contributed by atoms with van der Waals surface area (Å²) in [6.07, 6.45) is 0. The zero-order chi connectivity index (χ0) is 23.5. The number of morpholine rings is 1. The zero-order valence-corrected chi connectivity index (χ0v) is 18.9. The Morgan fingerprint density at radius 1 is 1.09 bits per heavy atom. The first-order valence-corrected chi connectivity index (χ1v) is 12.3. The first-order valence-electron chi connectivity index (χ1n) is 9.40. The first kappa shape index (κ1) is 24.1. The molecule has 2 aromatic carbocycles. The lowest BCUT2D eigenvalue weighted by Crippen LogP contribution is -2.40. The summed E-state index contributed by atoms with van der Waals surface area (Å²) in [7, 11) is -5.35. The van der Waals surface area contributed by atoms with Gasteiger partial charge >= 0.3 is 0 Å². The summed E-state index contributed by atoms with van der Waals surface area (Å²) in [6, 6.07) is 6.74. The van der Waals surface area contributed by atoms with Crippen LogP contribution in [0.3, 0.4) is 0 Å². The Kier molecular flexibility index (Phi) is 7.15. The summed E-state index contributed by atoms with van der Waals surface area (Å²) in [6.45, 7) is 0.840. The van der Waals surface area contributed by atoms with E-state index >= 15 is 0 Å². The minimum Gasteiger partial charge on any atom is -0.495 e. The molecule has 1 aliphatic heterocycles. The number of anilines is 1. The molecule has 1 fully saturated rings. The smallest absolute Gasteiger partial charge is 0.258 e. The molecule has 0 spiro atoms. The molecule has 1 aliphatic rings. The molecule has 10 nitrogen and oxygen atoms in total. The second-order valence-electron chi connectivity index (χ2n) is 6.69. The second-order valence-corrected chi connectivity index (χ2v) is 10.5. The summed E-state index contributed by atoms with van der Waals surface area (Å²) in [4.78, 5) is 12.2. The number of ether oxygens (including phenoxy) is 2. The van der Waals surface area contributed by atoms with Crippen molar-refractivity contribution in [1.29, 1.82) is 0 Å². The molecule has 174 valence electrons. The molecule has 2 aromatic rings. The van der Waals surface area contributed by atoms with Gasteiger partial charge in [0.2, 0.25) is 20.0 Å². The monoisotopic (exact) mass is 487 g/mol. The maximum atomic E-state index is 14.2. The standard InChI is InChI=1S/C19H22FN3O7S2/c1-21-31(25,26)14-4-5-16(20)15(12-14)19(24)22-13-3-6-17(29-2)18(11-13)32(27,28)23-7-9-30-10-8-23/h3-6,11-12,21H,7-10H2,1-2H3,(H,22,24). The maximum absolute atomic E-state index is 14.2. The van der Waals surface area contributed by atoms with Crippen molar-refractivity contribution in [2.75, 3.05) is 45.8 Å². The quantitative estimate of drug-likeness (QED) is 0.596. The molecule has 0 bridgehead atoms. The molecule has 1 heterocycles. The SMILES string of the molecule is CNS(=O)(=O)c1ccc(F)c(C(=O)Nc2ccc(OC)c(S(=O)(=O)N3CCOCC3)c2)c1. The van der Waals surface area contributed by atoms with Crippen LogP contribution < -0.4 is 14.8 Å². The van der Waals surface area contributed by atoms with Crippen molar-refractivity contribution >= 4 is 31.6 Å². The van der Waals surface area contributed by atoms with Crippen molar-refractivity contribution in [3.63, 3.8) is 0 Å². The average molecular weight is 488 g/mol. The number of rotatable bonds is 7. The molecule has 0 aliphatic carbocycles. The van der Waals surface area contributed by atoms with Gasteiger partial charge in [-0.3, -0.25) is 4.79 Å². The first-order chi connectivity index (χ1) is 15.1. The van der Waals surface area contributed by atoms with Crippen LogP contribution in [0, 0.1) is 5.82 Å². The van der Waals surface area contributed by atoms with Crippen molar-refractivity contribution in [2.24, 2.45) is 0 Å². The average Bonchev–Trinajstić information content (AvgIpc) is 2.79. The van der Waals surface area contributed by atoms with Crippen LogP contribution in [-0.4, -0.2) is 67.5 Å². The van der Waals surface area contributed by atoms with Crippen molar-refractivity contribution in [3.05, 3.63) is 47.8 Å². The summed E-state index contributed by atoms with van der Waals surface area (Å²) in [5.41, 5.74) is -0.460. The van der Waals surface area contributed by atoms with E-state index in [0.29, 0.717) is 0 Å². The van der Waals surface area contributed by atoms with Gasteiger partial charge in [0.05, 0.1) is 30.8 Å². The van der Waals surface area contributed by atoms with Crippen molar-refractivity contribution in [1.82, 2.24) is 9.03 Å². The Balaban J connectivity index is 1.94. The lowest BCUT2D eigenvalue weighted by atomic mass is 10.2. The number of benzene rings is 2. The van der Waals surface area contributed by atoms with Gasteiger partial charge in [-0.25, -0.2) is 25.9 Å². The third-order valence-corrected chi connectivity index (χ3v) is 8.10. The number of hydrogen-bond acceptors (Lipinski definition) is 7. The molecule has 13 heteroatoms. The van der Waals surface area contributed by atoms with Crippen LogP contribution in [0.1, 0.15) is 10.4 Å². The minimum atomic E-state index is -3.95. The van der Waals surface area contributed by atoms with E-state index < -0.39 is 37.3 Å². The highest BCUT2D eigenvalue weighted by molar-refractivity contribution is 7.89.